The predicted octanol–water partition coefficient (Wildman–Crippen LogP) is 2.70. The molecule has 0 aliphatic heterocycles. The molecule has 0 saturated carbocycles. The van der Waals surface area contributed by atoms with Crippen LogP contribution >= 0.6 is 0 Å². The van der Waals surface area contributed by atoms with Crippen LogP contribution in [0, 0.1) is 0 Å². The quantitative estimate of drug-likeness (QED) is 0.374. The number of hydrogen-bond acceptors (Lipinski definition) is 7. The van der Waals surface area contributed by atoms with Crippen LogP contribution < -0.4 is 10.2 Å². The summed E-state index contributed by atoms with van der Waals surface area (Å²) < 4.78 is 6.59. The second-order valence-electron chi connectivity index (χ2n) is 7.48. The number of esters is 1. The molecular weight excluding hydrogens is 448 g/mol. The van der Waals surface area contributed by atoms with Gasteiger partial charge >= 0.3 is 5.97 Å². The number of ether oxygens (including phenoxy) is 1. The van der Waals surface area contributed by atoms with E-state index in [1.165, 1.54) is 17.1 Å². The Bertz CT molecular complexity index is 1280. The third-order valence-electron chi connectivity index (χ3n) is 5.00. The maximum Gasteiger partial charge on any atom is 0.340 e. The van der Waals surface area contributed by atoms with Gasteiger partial charge in [-0.25, -0.2) is 9.48 Å². The van der Waals surface area contributed by atoms with Crippen LogP contribution in [0.4, 0.5) is 11.4 Å². The Balaban J connectivity index is 1.43. The van der Waals surface area contributed by atoms with E-state index in [-0.39, 0.29) is 23.7 Å². The van der Waals surface area contributed by atoms with Crippen molar-refractivity contribution in [2.24, 2.45) is 0 Å². The lowest BCUT2D eigenvalue weighted by Gasteiger charge is -2.23. The van der Waals surface area contributed by atoms with E-state index in [0.717, 1.165) is 5.56 Å². The number of carbonyl (C=O) groups is 3. The summed E-state index contributed by atoms with van der Waals surface area (Å²) in [6, 6.07) is 25.1. The van der Waals surface area contributed by atoms with Crippen LogP contribution in [0.15, 0.2) is 91.3 Å². The summed E-state index contributed by atoms with van der Waals surface area (Å²) in [5, 5.41) is 13.2. The number of nitrogens with zero attached hydrogens (tertiary/aromatic N) is 5. The summed E-state index contributed by atoms with van der Waals surface area (Å²) in [6.07, 6.45) is 1.30. The van der Waals surface area contributed by atoms with E-state index in [9.17, 15) is 14.4 Å². The molecule has 1 heterocycles. The monoisotopic (exact) mass is 470 g/mol. The zero-order valence-corrected chi connectivity index (χ0v) is 18.7. The minimum atomic E-state index is -0.732. The van der Waals surface area contributed by atoms with Crippen LogP contribution in [-0.4, -0.2) is 44.6 Å². The van der Waals surface area contributed by atoms with Crippen LogP contribution in [0.5, 0.6) is 0 Å². The van der Waals surface area contributed by atoms with E-state index in [1.807, 2.05) is 60.7 Å². The van der Waals surface area contributed by atoms with Crippen molar-refractivity contribution in [3.05, 3.63) is 102 Å². The van der Waals surface area contributed by atoms with Crippen LogP contribution in [0.2, 0.25) is 0 Å². The number of amides is 2. The van der Waals surface area contributed by atoms with Gasteiger partial charge in [-0.3, -0.25) is 9.59 Å². The number of hydrogen-bond donors (Lipinski definition) is 1. The molecule has 2 amide bonds. The molecule has 1 N–H and O–H groups in total. The van der Waals surface area contributed by atoms with Gasteiger partial charge in [-0.15, -0.1) is 5.10 Å². The van der Waals surface area contributed by atoms with E-state index in [2.05, 4.69) is 20.8 Å². The highest BCUT2D eigenvalue weighted by atomic mass is 16.5. The maximum absolute atomic E-state index is 13.1. The summed E-state index contributed by atoms with van der Waals surface area (Å²) in [5.74, 6) is -1.54. The van der Waals surface area contributed by atoms with Crippen molar-refractivity contribution in [2.75, 3.05) is 16.8 Å². The number of benzene rings is 3. The molecule has 4 rings (SSSR count). The fourth-order valence-corrected chi connectivity index (χ4v) is 3.34. The molecule has 0 fully saturated rings. The highest BCUT2D eigenvalue weighted by Gasteiger charge is 2.20. The topological polar surface area (TPSA) is 119 Å². The Morgan fingerprint density at radius 1 is 0.886 bits per heavy atom. The van der Waals surface area contributed by atoms with Gasteiger partial charge in [-0.1, -0.05) is 60.7 Å². The molecule has 176 valence electrons. The Hall–Kier alpha value is -4.86. The van der Waals surface area contributed by atoms with Gasteiger partial charge in [0.1, 0.15) is 12.9 Å². The molecule has 3 aromatic carbocycles. The van der Waals surface area contributed by atoms with Gasteiger partial charge in [0.25, 0.3) is 5.91 Å². The second kappa shape index (κ2) is 11.3. The molecule has 0 spiro atoms. The van der Waals surface area contributed by atoms with Crippen molar-refractivity contribution < 1.29 is 19.1 Å². The second-order valence-corrected chi connectivity index (χ2v) is 7.48. The van der Waals surface area contributed by atoms with Gasteiger partial charge in [0.15, 0.2) is 6.61 Å². The first kappa shape index (κ1) is 23.3. The van der Waals surface area contributed by atoms with E-state index < -0.39 is 18.5 Å². The highest BCUT2D eigenvalue weighted by molar-refractivity contribution is 6.02. The largest absolute Gasteiger partial charge is 0.452 e. The van der Waals surface area contributed by atoms with Gasteiger partial charge in [-0.05, 0) is 40.3 Å². The molecule has 10 heteroatoms. The van der Waals surface area contributed by atoms with Gasteiger partial charge in [0.2, 0.25) is 5.91 Å². The van der Waals surface area contributed by atoms with Crippen LogP contribution in [0.1, 0.15) is 15.9 Å². The average molecular weight is 470 g/mol. The molecule has 0 atom stereocenters. The summed E-state index contributed by atoms with van der Waals surface area (Å²) >= 11 is 0. The first-order valence-electron chi connectivity index (χ1n) is 10.8. The molecule has 10 nitrogen and oxygen atoms in total. The Morgan fingerprint density at radius 2 is 1.57 bits per heavy atom. The highest BCUT2D eigenvalue weighted by Crippen LogP contribution is 2.19. The lowest BCUT2D eigenvalue weighted by atomic mass is 10.1. The Morgan fingerprint density at radius 3 is 2.29 bits per heavy atom. The molecule has 0 saturated heterocycles. The lowest BCUT2D eigenvalue weighted by molar-refractivity contribution is -0.122. The number of aromatic nitrogens is 4. The van der Waals surface area contributed by atoms with Crippen LogP contribution in [0.3, 0.4) is 0 Å². The first-order chi connectivity index (χ1) is 17.1. The number of nitrogens with one attached hydrogen (secondary N) is 1. The van der Waals surface area contributed by atoms with Gasteiger partial charge in [-0.2, -0.15) is 0 Å². The van der Waals surface area contributed by atoms with Crippen molar-refractivity contribution in [3.8, 4) is 0 Å². The summed E-state index contributed by atoms with van der Waals surface area (Å²) in [7, 11) is 0. The van der Waals surface area contributed by atoms with Gasteiger partial charge in [0, 0.05) is 5.69 Å². The molecule has 0 aliphatic rings. The van der Waals surface area contributed by atoms with Gasteiger partial charge < -0.3 is 15.0 Å². The minimum absolute atomic E-state index is 0.125. The minimum Gasteiger partial charge on any atom is -0.452 e. The number of carbonyl (C=O) groups excluding carboxylic acids is 3. The number of anilines is 2. The van der Waals surface area contributed by atoms with Crippen LogP contribution in [0.25, 0.3) is 0 Å². The van der Waals surface area contributed by atoms with Crippen molar-refractivity contribution in [2.45, 2.75) is 13.1 Å². The Kier molecular flexibility index (Phi) is 7.54. The standard InChI is InChI=1S/C25H22N6O4/c32-23(16-30-18-26-28-29-30)27-22-14-8-7-13-21(22)25(34)35-17-24(33)31(20-11-5-2-6-12-20)15-19-9-3-1-4-10-19/h1-14,18H,15-17H2,(H,27,32). The fourth-order valence-electron chi connectivity index (χ4n) is 3.34. The molecule has 4 aromatic rings. The number of tetrazole rings is 1. The van der Waals surface area contributed by atoms with Crippen molar-refractivity contribution >= 4 is 29.2 Å². The number of para-hydroxylation sites is 2. The van der Waals surface area contributed by atoms with Gasteiger partial charge in [0.05, 0.1) is 17.8 Å². The van der Waals surface area contributed by atoms with Crippen molar-refractivity contribution in [3.63, 3.8) is 0 Å². The SMILES string of the molecule is O=C(Cn1cnnn1)Nc1ccccc1C(=O)OCC(=O)N(Cc1ccccc1)c1ccccc1. The zero-order valence-electron chi connectivity index (χ0n) is 18.7. The zero-order chi connectivity index (χ0) is 24.5. The molecule has 35 heavy (non-hydrogen) atoms. The third kappa shape index (κ3) is 6.35. The normalized spacial score (nSPS) is 10.4. The van der Waals surface area contributed by atoms with Crippen LogP contribution in [-0.2, 0) is 27.4 Å². The maximum atomic E-state index is 13.1. The summed E-state index contributed by atoms with van der Waals surface area (Å²) in [4.78, 5) is 39.7. The van der Waals surface area contributed by atoms with Crippen molar-refractivity contribution in [1.29, 1.82) is 0 Å². The number of rotatable bonds is 9. The molecular formula is C25H22N6O4. The Labute approximate surface area is 201 Å². The molecule has 1 aromatic heterocycles. The average Bonchev–Trinajstić information content (AvgIpc) is 3.40. The van der Waals surface area contributed by atoms with E-state index in [0.29, 0.717) is 12.2 Å². The van der Waals surface area contributed by atoms with Crippen molar-refractivity contribution in [1.82, 2.24) is 20.2 Å². The molecule has 0 bridgehead atoms. The summed E-state index contributed by atoms with van der Waals surface area (Å²) in [6.45, 7) is -0.265. The smallest absolute Gasteiger partial charge is 0.340 e. The fraction of sp³-hybridized carbons (Fsp3) is 0.120. The van der Waals surface area contributed by atoms with E-state index in [1.54, 1.807) is 23.1 Å². The van der Waals surface area contributed by atoms with E-state index >= 15 is 0 Å². The molecule has 0 unspecified atom stereocenters. The molecule has 0 radical (unpaired) electrons. The summed E-state index contributed by atoms with van der Waals surface area (Å²) in [5.41, 5.74) is 2.01. The third-order valence-corrected chi connectivity index (χ3v) is 5.00. The molecule has 0 aliphatic carbocycles. The van der Waals surface area contributed by atoms with E-state index in [4.69, 9.17) is 4.74 Å². The lowest BCUT2D eigenvalue weighted by Crippen LogP contribution is -2.34. The predicted molar refractivity (Wildman–Crippen MR) is 127 cm³/mol. The first-order valence-corrected chi connectivity index (χ1v) is 10.8.